The summed E-state index contributed by atoms with van der Waals surface area (Å²) in [7, 11) is 0. The van der Waals surface area contributed by atoms with Gasteiger partial charge in [-0.25, -0.2) is 0 Å². The van der Waals surface area contributed by atoms with Crippen molar-refractivity contribution in [3.8, 4) is 0 Å². The van der Waals surface area contributed by atoms with Crippen LogP contribution in [0, 0.1) is 0 Å². The number of benzene rings is 1. The summed E-state index contributed by atoms with van der Waals surface area (Å²) in [5, 5.41) is 3.33. The summed E-state index contributed by atoms with van der Waals surface area (Å²) >= 11 is 0. The molecule has 1 aromatic rings. The van der Waals surface area contributed by atoms with Gasteiger partial charge in [-0.1, -0.05) is 76.0 Å². The topological polar surface area (TPSA) is 49.4 Å². The first kappa shape index (κ1) is 19.5. The van der Waals surface area contributed by atoms with E-state index in [1.807, 2.05) is 29.2 Å². The van der Waals surface area contributed by atoms with E-state index in [0.29, 0.717) is 0 Å². The number of hydrogen-bond acceptors (Lipinski definition) is 2. The van der Waals surface area contributed by atoms with Crippen molar-refractivity contribution < 1.29 is 9.59 Å². The summed E-state index contributed by atoms with van der Waals surface area (Å²) in [5.41, 5.74) is 1.63. The maximum absolute atomic E-state index is 13.4. The first-order valence-electron chi connectivity index (χ1n) is 11.5. The smallest absolute Gasteiger partial charge is 0.255 e. The molecule has 4 rings (SSSR count). The molecule has 0 spiro atoms. The van der Waals surface area contributed by atoms with Gasteiger partial charge >= 0.3 is 0 Å². The van der Waals surface area contributed by atoms with E-state index in [0.717, 1.165) is 49.7 Å². The predicted molar refractivity (Wildman–Crippen MR) is 111 cm³/mol. The highest BCUT2D eigenvalue weighted by Gasteiger charge is 2.44. The van der Waals surface area contributed by atoms with Gasteiger partial charge in [0, 0.05) is 17.6 Å². The fourth-order valence-electron chi connectivity index (χ4n) is 5.40. The molecule has 0 saturated heterocycles. The number of fused-ring (bicyclic) bond motifs is 1. The third-order valence-electron chi connectivity index (χ3n) is 6.92. The Bertz CT molecular complexity index is 686. The standard InChI is InChI=1S/C24H34N2O2/c27-23(25-18-12-6-4-5-7-13-18)22-20-16-10-11-17-21(20)24(28)26(22)19-14-8-2-1-3-9-15-19/h10-11,16-19,22H,1-9,12-15H2,(H,25,27). The third-order valence-corrected chi connectivity index (χ3v) is 6.92. The van der Waals surface area contributed by atoms with Gasteiger partial charge in [-0.2, -0.15) is 0 Å². The Morgan fingerprint density at radius 2 is 1.39 bits per heavy atom. The van der Waals surface area contributed by atoms with Crippen molar-refractivity contribution in [1.29, 1.82) is 0 Å². The lowest BCUT2D eigenvalue weighted by Gasteiger charge is -2.34. The van der Waals surface area contributed by atoms with Crippen molar-refractivity contribution in [2.45, 2.75) is 102 Å². The second-order valence-electron chi connectivity index (χ2n) is 8.90. The number of rotatable bonds is 3. The van der Waals surface area contributed by atoms with Crippen molar-refractivity contribution >= 4 is 11.8 Å². The Hall–Kier alpha value is -1.84. The Morgan fingerprint density at radius 1 is 0.821 bits per heavy atom. The quantitative estimate of drug-likeness (QED) is 0.736. The zero-order valence-electron chi connectivity index (χ0n) is 17.0. The summed E-state index contributed by atoms with van der Waals surface area (Å²) in [6.07, 6.45) is 15.2. The van der Waals surface area contributed by atoms with Gasteiger partial charge in [0.05, 0.1) is 0 Å². The van der Waals surface area contributed by atoms with Crippen LogP contribution < -0.4 is 5.32 Å². The molecule has 1 N–H and O–H groups in total. The normalized spacial score (nSPS) is 24.9. The van der Waals surface area contributed by atoms with E-state index in [1.54, 1.807) is 0 Å². The van der Waals surface area contributed by atoms with E-state index in [9.17, 15) is 9.59 Å². The van der Waals surface area contributed by atoms with Gasteiger partial charge in [0.2, 0.25) is 5.91 Å². The largest absolute Gasteiger partial charge is 0.351 e. The van der Waals surface area contributed by atoms with Gasteiger partial charge in [-0.05, 0) is 37.3 Å². The van der Waals surface area contributed by atoms with Gasteiger partial charge in [-0.3, -0.25) is 9.59 Å². The Labute approximate surface area is 169 Å². The molecule has 152 valence electrons. The Balaban J connectivity index is 1.58. The van der Waals surface area contributed by atoms with Crippen LogP contribution in [-0.2, 0) is 4.79 Å². The van der Waals surface area contributed by atoms with E-state index in [-0.39, 0.29) is 23.9 Å². The first-order valence-corrected chi connectivity index (χ1v) is 11.5. The van der Waals surface area contributed by atoms with E-state index in [2.05, 4.69) is 5.32 Å². The lowest BCUT2D eigenvalue weighted by Crippen LogP contribution is -2.47. The minimum atomic E-state index is -0.448. The number of carbonyl (C=O) groups is 2. The molecule has 1 unspecified atom stereocenters. The van der Waals surface area contributed by atoms with Crippen molar-refractivity contribution in [1.82, 2.24) is 10.2 Å². The molecule has 4 nitrogen and oxygen atoms in total. The van der Waals surface area contributed by atoms with Gasteiger partial charge in [-0.15, -0.1) is 0 Å². The molecule has 4 heteroatoms. The van der Waals surface area contributed by atoms with E-state index in [1.165, 1.54) is 44.9 Å². The van der Waals surface area contributed by atoms with Crippen LogP contribution in [0.15, 0.2) is 24.3 Å². The molecule has 2 fully saturated rings. The lowest BCUT2D eigenvalue weighted by atomic mass is 9.94. The van der Waals surface area contributed by atoms with E-state index < -0.39 is 6.04 Å². The van der Waals surface area contributed by atoms with Crippen LogP contribution in [0.2, 0.25) is 0 Å². The van der Waals surface area contributed by atoms with Crippen LogP contribution in [0.1, 0.15) is 105 Å². The Kier molecular flexibility index (Phi) is 6.33. The molecular formula is C24H34N2O2. The van der Waals surface area contributed by atoms with Crippen LogP contribution in [-0.4, -0.2) is 28.8 Å². The molecule has 1 aliphatic heterocycles. The summed E-state index contributed by atoms with van der Waals surface area (Å²) in [6.45, 7) is 0. The van der Waals surface area contributed by atoms with Crippen molar-refractivity contribution in [2.75, 3.05) is 0 Å². The molecular weight excluding hydrogens is 348 g/mol. The van der Waals surface area contributed by atoms with E-state index in [4.69, 9.17) is 0 Å². The number of nitrogens with one attached hydrogen (secondary N) is 1. The van der Waals surface area contributed by atoms with Crippen molar-refractivity contribution in [3.05, 3.63) is 35.4 Å². The lowest BCUT2D eigenvalue weighted by molar-refractivity contribution is -0.127. The van der Waals surface area contributed by atoms with Crippen LogP contribution in [0.3, 0.4) is 0 Å². The predicted octanol–water partition coefficient (Wildman–Crippen LogP) is 5.14. The van der Waals surface area contributed by atoms with Crippen molar-refractivity contribution in [3.63, 3.8) is 0 Å². The highest BCUT2D eigenvalue weighted by atomic mass is 16.2. The monoisotopic (exact) mass is 382 g/mol. The van der Waals surface area contributed by atoms with Crippen LogP contribution in [0.25, 0.3) is 0 Å². The van der Waals surface area contributed by atoms with Gasteiger partial charge in [0.25, 0.3) is 5.91 Å². The number of nitrogens with zero attached hydrogens (tertiary/aromatic N) is 1. The highest BCUT2D eigenvalue weighted by Crippen LogP contribution is 2.38. The molecule has 0 radical (unpaired) electrons. The zero-order chi connectivity index (χ0) is 19.3. The molecule has 1 atom stereocenters. The van der Waals surface area contributed by atoms with Gasteiger partial charge in [0.1, 0.15) is 6.04 Å². The highest BCUT2D eigenvalue weighted by molar-refractivity contribution is 6.04. The molecule has 0 bridgehead atoms. The summed E-state index contributed by atoms with van der Waals surface area (Å²) in [6, 6.07) is 7.75. The minimum Gasteiger partial charge on any atom is -0.351 e. The molecule has 1 aromatic carbocycles. The second kappa shape index (κ2) is 9.11. The summed E-state index contributed by atoms with van der Waals surface area (Å²) in [5.74, 6) is 0.0921. The number of amides is 2. The first-order chi connectivity index (χ1) is 13.8. The van der Waals surface area contributed by atoms with Crippen LogP contribution in [0.5, 0.6) is 0 Å². The maximum atomic E-state index is 13.4. The minimum absolute atomic E-state index is 0.0345. The van der Waals surface area contributed by atoms with Crippen LogP contribution >= 0.6 is 0 Å². The maximum Gasteiger partial charge on any atom is 0.255 e. The molecule has 2 saturated carbocycles. The number of hydrogen-bond donors (Lipinski definition) is 1. The van der Waals surface area contributed by atoms with E-state index >= 15 is 0 Å². The number of carbonyl (C=O) groups excluding carboxylic acids is 2. The fraction of sp³-hybridized carbons (Fsp3) is 0.667. The fourth-order valence-corrected chi connectivity index (χ4v) is 5.40. The zero-order valence-corrected chi connectivity index (χ0v) is 17.0. The molecule has 2 amide bonds. The average Bonchev–Trinajstić information content (AvgIpc) is 2.82. The van der Waals surface area contributed by atoms with Gasteiger partial charge in [0.15, 0.2) is 0 Å². The Morgan fingerprint density at radius 3 is 2.07 bits per heavy atom. The summed E-state index contributed by atoms with van der Waals surface area (Å²) < 4.78 is 0. The molecule has 28 heavy (non-hydrogen) atoms. The molecule has 2 aliphatic carbocycles. The van der Waals surface area contributed by atoms with Crippen LogP contribution in [0.4, 0.5) is 0 Å². The average molecular weight is 383 g/mol. The second-order valence-corrected chi connectivity index (χ2v) is 8.90. The van der Waals surface area contributed by atoms with Crippen molar-refractivity contribution in [2.24, 2.45) is 0 Å². The van der Waals surface area contributed by atoms with Gasteiger partial charge < -0.3 is 10.2 Å². The SMILES string of the molecule is O=C(NC1CCCCCC1)C1c2ccccc2C(=O)N1C1CCCCCCC1. The molecule has 3 aliphatic rings. The molecule has 0 aromatic heterocycles. The molecule has 1 heterocycles. The summed E-state index contributed by atoms with van der Waals surface area (Å²) in [4.78, 5) is 28.7. The third kappa shape index (κ3) is 4.11.